The highest BCUT2D eigenvalue weighted by atomic mass is 16.6. The molecule has 1 unspecified atom stereocenters. The van der Waals surface area contributed by atoms with Crippen LogP contribution >= 0.6 is 0 Å². The number of imidazole rings is 1. The molecule has 0 spiro atoms. The summed E-state index contributed by atoms with van der Waals surface area (Å²) in [5.74, 6) is 0.316. The highest BCUT2D eigenvalue weighted by Gasteiger charge is 2.36. The van der Waals surface area contributed by atoms with Crippen LogP contribution in [0.1, 0.15) is 52.5 Å². The lowest BCUT2D eigenvalue weighted by atomic mass is 9.98. The summed E-state index contributed by atoms with van der Waals surface area (Å²) in [4.78, 5) is 53.6. The quantitative estimate of drug-likeness (QED) is 0.592. The third-order valence-corrected chi connectivity index (χ3v) is 7.54. The molecule has 0 bridgehead atoms. The van der Waals surface area contributed by atoms with Crippen molar-refractivity contribution in [2.24, 2.45) is 13.0 Å². The first-order valence-electron chi connectivity index (χ1n) is 13.4. The summed E-state index contributed by atoms with van der Waals surface area (Å²) in [6.45, 7) is 9.84. The molecule has 206 valence electrons. The van der Waals surface area contributed by atoms with Crippen molar-refractivity contribution in [2.75, 3.05) is 32.7 Å². The molecule has 4 heterocycles. The zero-order valence-corrected chi connectivity index (χ0v) is 22.6. The molecular weight excluding hydrogens is 490 g/mol. The van der Waals surface area contributed by atoms with E-state index >= 15 is 0 Å². The van der Waals surface area contributed by atoms with Crippen molar-refractivity contribution in [1.29, 1.82) is 0 Å². The second-order valence-corrected chi connectivity index (χ2v) is 11.7. The van der Waals surface area contributed by atoms with Crippen molar-refractivity contribution in [2.45, 2.75) is 64.2 Å². The van der Waals surface area contributed by atoms with E-state index in [1.807, 2.05) is 39.0 Å². The summed E-state index contributed by atoms with van der Waals surface area (Å²) in [5.41, 5.74) is 0.498. The summed E-state index contributed by atoms with van der Waals surface area (Å²) in [5, 5.41) is 2.34. The topological polar surface area (TPSA) is 115 Å². The summed E-state index contributed by atoms with van der Waals surface area (Å²) < 4.78 is 14.9. The van der Waals surface area contributed by atoms with Gasteiger partial charge < -0.3 is 19.3 Å². The first kappa shape index (κ1) is 26.3. The number of para-hydroxylation sites is 1. The van der Waals surface area contributed by atoms with Crippen molar-refractivity contribution >= 4 is 28.9 Å². The standard InChI is InChI=1S/C27H37N5O6/c1-27(2,3)38-26(36)31-15-17(16-31)14-30-12-10-18(11-13-30)37-21-7-5-6-19-23(21)29(4)25(35)32(19)20-8-9-22(33)28-24(20)34/h5-7,17-18,20H,8-16H2,1-4H3,(H,28,33,34). The molecule has 1 N–H and O–H groups in total. The van der Waals surface area contributed by atoms with Gasteiger partial charge in [-0.3, -0.25) is 24.0 Å². The highest BCUT2D eigenvalue weighted by Crippen LogP contribution is 2.31. The van der Waals surface area contributed by atoms with Crippen LogP contribution in [-0.4, -0.2) is 81.3 Å². The Labute approximate surface area is 221 Å². The van der Waals surface area contributed by atoms with Gasteiger partial charge in [0.2, 0.25) is 11.8 Å². The number of aryl methyl sites for hydroxylation is 1. The lowest BCUT2D eigenvalue weighted by Crippen LogP contribution is -2.55. The molecule has 1 aromatic heterocycles. The van der Waals surface area contributed by atoms with Gasteiger partial charge in [-0.25, -0.2) is 9.59 Å². The van der Waals surface area contributed by atoms with Crippen LogP contribution in [0.3, 0.4) is 0 Å². The molecule has 3 amide bonds. The molecule has 5 rings (SSSR count). The Morgan fingerprint density at radius 2 is 1.79 bits per heavy atom. The monoisotopic (exact) mass is 527 g/mol. The molecule has 38 heavy (non-hydrogen) atoms. The lowest BCUT2D eigenvalue weighted by molar-refractivity contribution is -0.135. The number of nitrogens with one attached hydrogen (secondary N) is 1. The fourth-order valence-corrected chi connectivity index (χ4v) is 5.64. The van der Waals surface area contributed by atoms with Crippen LogP contribution in [0.2, 0.25) is 0 Å². The van der Waals surface area contributed by atoms with E-state index < -0.39 is 17.6 Å². The van der Waals surface area contributed by atoms with E-state index in [0.29, 0.717) is 29.1 Å². The average Bonchev–Trinajstić information content (AvgIpc) is 3.07. The molecular formula is C27H37N5O6. The van der Waals surface area contributed by atoms with E-state index in [-0.39, 0.29) is 30.2 Å². The highest BCUT2D eigenvalue weighted by molar-refractivity contribution is 6.00. The fraction of sp³-hybridized carbons (Fsp3) is 0.630. The minimum absolute atomic E-state index is 0.0190. The van der Waals surface area contributed by atoms with Gasteiger partial charge in [-0.2, -0.15) is 0 Å². The number of amides is 3. The smallest absolute Gasteiger partial charge is 0.410 e. The van der Waals surface area contributed by atoms with E-state index in [4.69, 9.17) is 9.47 Å². The molecule has 0 aliphatic carbocycles. The SMILES string of the molecule is Cn1c(=O)n(C2CCC(=O)NC2=O)c2cccc(OC3CCN(CC4CN(C(=O)OC(C)(C)C)C4)CC3)c21. The number of ether oxygens (including phenoxy) is 2. The maximum atomic E-state index is 13.1. The molecule has 3 saturated heterocycles. The number of benzene rings is 1. The number of imide groups is 1. The van der Waals surface area contributed by atoms with Gasteiger partial charge in [0.1, 0.15) is 29.0 Å². The van der Waals surface area contributed by atoms with Crippen LogP contribution in [0.5, 0.6) is 5.75 Å². The second-order valence-electron chi connectivity index (χ2n) is 11.7. The van der Waals surface area contributed by atoms with Crippen LogP contribution in [0.4, 0.5) is 4.79 Å². The Kier molecular flexibility index (Phi) is 6.97. The van der Waals surface area contributed by atoms with E-state index in [2.05, 4.69) is 10.2 Å². The lowest BCUT2D eigenvalue weighted by Gasteiger charge is -2.43. The third-order valence-electron chi connectivity index (χ3n) is 7.54. The number of piperidine rings is 2. The molecule has 3 aliphatic rings. The van der Waals surface area contributed by atoms with Crippen molar-refractivity contribution in [1.82, 2.24) is 24.3 Å². The first-order chi connectivity index (χ1) is 18.0. The number of fused-ring (bicyclic) bond motifs is 1. The van der Waals surface area contributed by atoms with E-state index in [0.717, 1.165) is 45.6 Å². The van der Waals surface area contributed by atoms with E-state index in [9.17, 15) is 19.2 Å². The van der Waals surface area contributed by atoms with Gasteiger partial charge in [-0.05, 0) is 52.2 Å². The Morgan fingerprint density at radius 1 is 1.08 bits per heavy atom. The van der Waals surface area contributed by atoms with Crippen LogP contribution in [-0.2, 0) is 21.4 Å². The van der Waals surface area contributed by atoms with Gasteiger partial charge in [0.25, 0.3) is 0 Å². The third kappa shape index (κ3) is 5.29. The van der Waals surface area contributed by atoms with Crippen LogP contribution in [0.25, 0.3) is 11.0 Å². The Hall–Kier alpha value is -3.34. The molecule has 11 heteroatoms. The van der Waals surface area contributed by atoms with Gasteiger partial charge in [0, 0.05) is 52.1 Å². The van der Waals surface area contributed by atoms with Gasteiger partial charge in [-0.1, -0.05) is 6.07 Å². The van der Waals surface area contributed by atoms with Crippen LogP contribution < -0.4 is 15.7 Å². The average molecular weight is 528 g/mol. The van der Waals surface area contributed by atoms with Crippen molar-refractivity contribution in [3.63, 3.8) is 0 Å². The molecule has 0 radical (unpaired) electrons. The summed E-state index contributed by atoms with van der Waals surface area (Å²) in [6.07, 6.45) is 2.00. The van der Waals surface area contributed by atoms with E-state index in [1.54, 1.807) is 11.9 Å². The number of nitrogens with zero attached hydrogens (tertiary/aromatic N) is 4. The summed E-state index contributed by atoms with van der Waals surface area (Å²) >= 11 is 0. The Bertz CT molecular complexity index is 1290. The molecule has 2 aromatic rings. The number of likely N-dealkylation sites (tertiary alicyclic amines) is 2. The number of hydrogen-bond donors (Lipinski definition) is 1. The van der Waals surface area contributed by atoms with Crippen LogP contribution in [0.15, 0.2) is 23.0 Å². The number of aromatic nitrogens is 2. The van der Waals surface area contributed by atoms with Gasteiger partial charge in [-0.15, -0.1) is 0 Å². The number of carbonyl (C=O) groups excluding carboxylic acids is 3. The number of rotatable bonds is 5. The van der Waals surface area contributed by atoms with Gasteiger partial charge in [0.15, 0.2) is 0 Å². The van der Waals surface area contributed by atoms with Crippen LogP contribution in [0, 0.1) is 5.92 Å². The zero-order chi connectivity index (χ0) is 27.2. The summed E-state index contributed by atoms with van der Waals surface area (Å²) in [6, 6.07) is 4.79. The summed E-state index contributed by atoms with van der Waals surface area (Å²) in [7, 11) is 1.68. The Morgan fingerprint density at radius 3 is 2.45 bits per heavy atom. The van der Waals surface area contributed by atoms with Gasteiger partial charge in [0.05, 0.1) is 5.52 Å². The van der Waals surface area contributed by atoms with Crippen molar-refractivity contribution in [3.8, 4) is 5.75 Å². The fourth-order valence-electron chi connectivity index (χ4n) is 5.64. The molecule has 11 nitrogen and oxygen atoms in total. The first-order valence-corrected chi connectivity index (χ1v) is 13.4. The predicted octanol–water partition coefficient (Wildman–Crippen LogP) is 2.03. The normalized spacial score (nSPS) is 21.9. The molecule has 0 saturated carbocycles. The number of hydrogen-bond acceptors (Lipinski definition) is 7. The number of carbonyl (C=O) groups is 3. The molecule has 1 aromatic carbocycles. The van der Waals surface area contributed by atoms with E-state index in [1.165, 1.54) is 9.13 Å². The predicted molar refractivity (Wildman–Crippen MR) is 140 cm³/mol. The maximum absolute atomic E-state index is 13.1. The molecule has 3 aliphatic heterocycles. The Balaban J connectivity index is 1.19. The minimum Gasteiger partial charge on any atom is -0.488 e. The second kappa shape index (κ2) is 10.1. The van der Waals surface area contributed by atoms with Crippen molar-refractivity contribution < 1.29 is 23.9 Å². The minimum atomic E-state index is -0.722. The molecule has 3 fully saturated rings. The maximum Gasteiger partial charge on any atom is 0.410 e. The van der Waals surface area contributed by atoms with Crippen molar-refractivity contribution in [3.05, 3.63) is 28.7 Å². The largest absolute Gasteiger partial charge is 0.488 e. The molecule has 1 atom stereocenters. The zero-order valence-electron chi connectivity index (χ0n) is 22.6. The van der Waals surface area contributed by atoms with Gasteiger partial charge >= 0.3 is 11.8 Å².